The van der Waals surface area contributed by atoms with Crippen LogP contribution in [-0.2, 0) is 7.05 Å². The molecule has 1 fully saturated rings. The summed E-state index contributed by atoms with van der Waals surface area (Å²) in [5.74, 6) is -4.28. The summed E-state index contributed by atoms with van der Waals surface area (Å²) in [5.41, 5.74) is 3.64. The van der Waals surface area contributed by atoms with Crippen LogP contribution in [0.3, 0.4) is 0 Å². The molecule has 0 saturated carbocycles. The summed E-state index contributed by atoms with van der Waals surface area (Å²) >= 11 is 0. The molecule has 1 saturated heterocycles. The quantitative estimate of drug-likeness (QED) is 0.583. The van der Waals surface area contributed by atoms with Gasteiger partial charge in [0, 0.05) is 32.4 Å². The van der Waals surface area contributed by atoms with Gasteiger partial charge in [0.2, 0.25) is 0 Å². The number of aryl methyl sites for hydroxylation is 1. The Balaban J connectivity index is 1.47. The molecule has 5 heterocycles. The van der Waals surface area contributed by atoms with Crippen LogP contribution in [0, 0.1) is 17.5 Å². The van der Waals surface area contributed by atoms with Crippen LogP contribution in [0.15, 0.2) is 42.0 Å². The van der Waals surface area contributed by atoms with Crippen molar-refractivity contribution >= 4 is 17.1 Å². The summed E-state index contributed by atoms with van der Waals surface area (Å²) in [6.07, 6.45) is 6.66. The minimum absolute atomic E-state index is 0.0550. The van der Waals surface area contributed by atoms with E-state index < -0.39 is 23.5 Å². The number of aromatic nitrogens is 3. The Morgan fingerprint density at radius 2 is 1.85 bits per heavy atom. The van der Waals surface area contributed by atoms with E-state index in [-0.39, 0.29) is 23.6 Å². The van der Waals surface area contributed by atoms with Crippen molar-refractivity contribution in [2.45, 2.75) is 43.8 Å². The van der Waals surface area contributed by atoms with E-state index >= 15 is 0 Å². The number of pyridine rings is 1. The summed E-state index contributed by atoms with van der Waals surface area (Å²) < 4.78 is 43.9. The lowest BCUT2D eigenvalue weighted by molar-refractivity contribution is 0.0209. The third-order valence-electron chi connectivity index (χ3n) is 7.17. The predicted octanol–water partition coefficient (Wildman–Crippen LogP) is 3.60. The first-order chi connectivity index (χ1) is 16.3. The molecule has 10 heteroatoms. The van der Waals surface area contributed by atoms with Gasteiger partial charge >= 0.3 is 0 Å². The molecule has 6 rings (SSSR count). The van der Waals surface area contributed by atoms with E-state index in [1.165, 1.54) is 6.20 Å². The highest BCUT2D eigenvalue weighted by atomic mass is 19.2. The molecule has 3 atom stereocenters. The van der Waals surface area contributed by atoms with Crippen LogP contribution < -0.4 is 5.32 Å². The number of halogens is 3. The Kier molecular flexibility index (Phi) is 4.79. The van der Waals surface area contributed by atoms with Crippen LogP contribution in [0.5, 0.6) is 0 Å². The van der Waals surface area contributed by atoms with Crippen molar-refractivity contribution in [1.82, 2.24) is 29.9 Å². The van der Waals surface area contributed by atoms with E-state index in [0.29, 0.717) is 23.1 Å². The number of hydrazine groups is 1. The van der Waals surface area contributed by atoms with Crippen molar-refractivity contribution in [3.63, 3.8) is 0 Å². The van der Waals surface area contributed by atoms with Gasteiger partial charge in [-0.25, -0.2) is 33.2 Å². The van der Waals surface area contributed by atoms with Gasteiger partial charge in [-0.1, -0.05) is 0 Å². The second-order valence-corrected chi connectivity index (χ2v) is 9.28. The number of fused-ring (bicyclic) bond motifs is 4. The van der Waals surface area contributed by atoms with Gasteiger partial charge < -0.3 is 9.88 Å². The summed E-state index contributed by atoms with van der Waals surface area (Å²) in [7, 11) is 3.55. The number of imidazole rings is 1. The van der Waals surface area contributed by atoms with Gasteiger partial charge in [-0.3, -0.25) is 4.79 Å². The van der Waals surface area contributed by atoms with E-state index in [2.05, 4.69) is 15.3 Å². The molecule has 3 aliphatic rings. The maximum absolute atomic E-state index is 14.2. The van der Waals surface area contributed by atoms with Crippen molar-refractivity contribution < 1.29 is 18.0 Å². The Morgan fingerprint density at radius 1 is 1.09 bits per heavy atom. The summed E-state index contributed by atoms with van der Waals surface area (Å²) in [6, 6.07) is 3.34. The third kappa shape index (κ3) is 3.08. The van der Waals surface area contributed by atoms with Gasteiger partial charge in [0.25, 0.3) is 5.91 Å². The zero-order valence-corrected chi connectivity index (χ0v) is 18.7. The van der Waals surface area contributed by atoms with Crippen molar-refractivity contribution in [3.8, 4) is 0 Å². The number of carbonyl (C=O) groups is 1. The average Bonchev–Trinajstić information content (AvgIpc) is 3.33. The Bertz CT molecular complexity index is 1340. The van der Waals surface area contributed by atoms with E-state index in [9.17, 15) is 18.0 Å². The molecule has 2 bridgehead atoms. The monoisotopic (exact) mass is 468 g/mol. The lowest BCUT2D eigenvalue weighted by Gasteiger charge is -2.39. The molecule has 0 radical (unpaired) electrons. The van der Waals surface area contributed by atoms with Gasteiger partial charge in [-0.2, -0.15) is 0 Å². The largest absolute Gasteiger partial charge is 0.318 e. The maximum Gasteiger partial charge on any atom is 0.274 e. The van der Waals surface area contributed by atoms with Crippen LogP contribution in [0.25, 0.3) is 11.2 Å². The molecule has 1 N–H and O–H groups in total. The average molecular weight is 468 g/mol. The fraction of sp³-hybridized carbons (Fsp3) is 0.375. The molecule has 1 unspecified atom stereocenters. The highest BCUT2D eigenvalue weighted by Crippen LogP contribution is 2.47. The predicted molar refractivity (Wildman–Crippen MR) is 118 cm³/mol. The molecule has 3 aromatic rings. The maximum atomic E-state index is 14.2. The fourth-order valence-corrected chi connectivity index (χ4v) is 5.69. The number of rotatable bonds is 2. The van der Waals surface area contributed by atoms with Gasteiger partial charge in [-0.05, 0) is 55.0 Å². The number of amides is 1. The standard InChI is InChI=1S/C24H23F3N6O/c1-31-11-29-19-8-13(10-28-23(19)31)24(34)33-22-15(9-14-4-3-5-18(22)30-14)21(32(33)2)12-6-16(25)20(27)17(26)7-12/h6-8,10-11,14,18,21,30H,3-5,9H2,1-2H3/t14-,18+,21?/m1/s1. The van der Waals surface area contributed by atoms with Gasteiger partial charge in [-0.15, -0.1) is 0 Å². The second kappa shape index (κ2) is 7.64. The lowest BCUT2D eigenvalue weighted by atomic mass is 9.81. The first-order valence-corrected chi connectivity index (χ1v) is 11.3. The van der Waals surface area contributed by atoms with Crippen LogP contribution in [-0.4, -0.2) is 49.6 Å². The van der Waals surface area contributed by atoms with Crippen molar-refractivity contribution in [3.05, 3.63) is 70.6 Å². The van der Waals surface area contributed by atoms with Crippen molar-refractivity contribution in [1.29, 1.82) is 0 Å². The van der Waals surface area contributed by atoms with E-state index in [1.54, 1.807) is 34.0 Å². The summed E-state index contributed by atoms with van der Waals surface area (Å²) in [4.78, 5) is 22.5. The molecule has 1 amide bonds. The number of carbonyl (C=O) groups excluding carboxylic acids is 1. The van der Waals surface area contributed by atoms with Crippen molar-refractivity contribution in [2.24, 2.45) is 7.05 Å². The fourth-order valence-electron chi connectivity index (χ4n) is 5.69. The number of nitrogens with zero attached hydrogens (tertiary/aromatic N) is 5. The van der Waals surface area contributed by atoms with Crippen LogP contribution in [0.2, 0.25) is 0 Å². The molecule has 1 aromatic carbocycles. The highest BCUT2D eigenvalue weighted by molar-refractivity contribution is 5.97. The zero-order valence-electron chi connectivity index (χ0n) is 18.7. The number of hydrogen-bond donors (Lipinski definition) is 1. The van der Waals surface area contributed by atoms with E-state index in [0.717, 1.165) is 42.7 Å². The minimum atomic E-state index is -1.50. The number of benzene rings is 1. The first-order valence-electron chi connectivity index (χ1n) is 11.3. The molecular formula is C24H23F3N6O. The molecule has 0 spiro atoms. The van der Waals surface area contributed by atoms with Crippen LogP contribution in [0.4, 0.5) is 13.2 Å². The minimum Gasteiger partial charge on any atom is -0.318 e. The normalized spacial score (nSPS) is 24.7. The Hall–Kier alpha value is -3.24. The number of piperidine rings is 1. The molecule has 0 aliphatic carbocycles. The summed E-state index contributed by atoms with van der Waals surface area (Å²) in [5, 5.41) is 6.89. The molecule has 176 valence electrons. The van der Waals surface area contributed by atoms with E-state index in [1.807, 2.05) is 7.05 Å². The Morgan fingerprint density at radius 3 is 2.62 bits per heavy atom. The van der Waals surface area contributed by atoms with Crippen LogP contribution in [0.1, 0.15) is 47.6 Å². The Labute approximate surface area is 193 Å². The first kappa shape index (κ1) is 21.3. The molecular weight excluding hydrogens is 445 g/mol. The molecule has 7 nitrogen and oxygen atoms in total. The SMILES string of the molecule is CN1C(c2cc(F)c(F)c(F)c2)C2=C([C@@H]3CCC[C@H](C2)N3)N1C(=O)c1cnc2c(c1)ncn2C. The zero-order chi connectivity index (χ0) is 23.7. The third-order valence-corrected chi connectivity index (χ3v) is 7.17. The van der Waals surface area contributed by atoms with Gasteiger partial charge in [0.15, 0.2) is 23.1 Å². The highest BCUT2D eigenvalue weighted by Gasteiger charge is 2.48. The van der Waals surface area contributed by atoms with E-state index in [4.69, 9.17) is 0 Å². The molecule has 34 heavy (non-hydrogen) atoms. The molecule has 2 aromatic heterocycles. The molecule has 3 aliphatic heterocycles. The number of hydrogen-bond acceptors (Lipinski definition) is 5. The van der Waals surface area contributed by atoms with Crippen LogP contribution >= 0.6 is 0 Å². The smallest absolute Gasteiger partial charge is 0.274 e. The topological polar surface area (TPSA) is 66.3 Å². The second-order valence-electron chi connectivity index (χ2n) is 9.28. The van der Waals surface area contributed by atoms with Crippen molar-refractivity contribution in [2.75, 3.05) is 7.05 Å². The number of likely N-dealkylation sites (N-methyl/N-ethyl adjacent to an activating group) is 1. The lowest BCUT2D eigenvalue weighted by Crippen LogP contribution is -2.51. The summed E-state index contributed by atoms with van der Waals surface area (Å²) in [6.45, 7) is 0. The van der Waals surface area contributed by atoms with Gasteiger partial charge in [0.1, 0.15) is 5.52 Å². The number of nitrogens with one attached hydrogen (secondary N) is 1. The van der Waals surface area contributed by atoms with Gasteiger partial charge in [0.05, 0.1) is 23.6 Å².